The molecule has 0 spiro atoms. The van der Waals surface area contributed by atoms with Crippen molar-refractivity contribution < 1.29 is 18.1 Å². The highest BCUT2D eigenvalue weighted by Crippen LogP contribution is 2.28. The van der Waals surface area contributed by atoms with Crippen LogP contribution in [0.3, 0.4) is 0 Å². The Bertz CT molecular complexity index is 1090. The lowest BCUT2D eigenvalue weighted by Gasteiger charge is -2.08. The Morgan fingerprint density at radius 1 is 1.25 bits per heavy atom. The number of primary amides is 1. The molecule has 0 radical (unpaired) electrons. The first-order chi connectivity index (χ1) is 11.3. The van der Waals surface area contributed by atoms with E-state index >= 15 is 0 Å². The minimum Gasteiger partial charge on any atom is -0.366 e. The molecule has 9 nitrogen and oxygen atoms in total. The molecule has 0 bridgehead atoms. The van der Waals surface area contributed by atoms with Crippen molar-refractivity contribution in [3.63, 3.8) is 0 Å². The standard InChI is InChI=1S/C14H10N4O5S/c15-14(19)9-7-12-10(16-8-9)5-6-17(12)24(22,23)13-4-2-1-3-11(13)18(20)21/h1-8H,(H2,15,19). The molecule has 3 rings (SSSR count). The number of hydrogen-bond acceptors (Lipinski definition) is 6. The average Bonchev–Trinajstić information content (AvgIpc) is 2.98. The topological polar surface area (TPSA) is 138 Å². The van der Waals surface area contributed by atoms with Crippen molar-refractivity contribution in [2.45, 2.75) is 4.90 Å². The van der Waals surface area contributed by atoms with Crippen molar-refractivity contribution in [2.75, 3.05) is 0 Å². The Hall–Kier alpha value is -3.27. The van der Waals surface area contributed by atoms with E-state index in [1.807, 2.05) is 0 Å². The fourth-order valence-corrected chi connectivity index (χ4v) is 3.76. The lowest BCUT2D eigenvalue weighted by Crippen LogP contribution is -2.15. The highest BCUT2D eigenvalue weighted by atomic mass is 32.2. The molecular weight excluding hydrogens is 336 g/mol. The van der Waals surface area contributed by atoms with Crippen LogP contribution in [-0.2, 0) is 10.0 Å². The first-order valence-corrected chi connectivity index (χ1v) is 8.02. The number of nitrogens with two attached hydrogens (primary N) is 1. The highest BCUT2D eigenvalue weighted by Gasteiger charge is 2.28. The summed E-state index contributed by atoms with van der Waals surface area (Å²) in [6.45, 7) is 0. The van der Waals surface area contributed by atoms with E-state index < -0.39 is 31.4 Å². The van der Waals surface area contributed by atoms with Crippen LogP contribution in [-0.4, -0.2) is 28.2 Å². The molecule has 122 valence electrons. The van der Waals surface area contributed by atoms with Gasteiger partial charge in [-0.05, 0) is 18.2 Å². The number of carbonyl (C=O) groups is 1. The van der Waals surface area contributed by atoms with Crippen LogP contribution in [0.5, 0.6) is 0 Å². The van der Waals surface area contributed by atoms with Crippen LogP contribution in [0.1, 0.15) is 10.4 Å². The number of benzene rings is 1. The molecule has 0 fully saturated rings. The molecule has 2 heterocycles. The predicted octanol–water partition coefficient (Wildman–Crippen LogP) is 1.28. The summed E-state index contributed by atoms with van der Waals surface area (Å²) in [6.07, 6.45) is 2.45. The fraction of sp³-hybridized carbons (Fsp3) is 0. The van der Waals surface area contributed by atoms with Crippen molar-refractivity contribution in [3.8, 4) is 0 Å². The molecule has 24 heavy (non-hydrogen) atoms. The maximum absolute atomic E-state index is 12.8. The van der Waals surface area contributed by atoms with E-state index in [-0.39, 0.29) is 11.1 Å². The summed E-state index contributed by atoms with van der Waals surface area (Å²) in [5.41, 5.74) is 5.07. The van der Waals surface area contributed by atoms with Crippen LogP contribution in [0.25, 0.3) is 11.0 Å². The summed E-state index contributed by atoms with van der Waals surface area (Å²) in [4.78, 5) is 25.1. The number of aromatic nitrogens is 2. The number of nitro groups is 1. The van der Waals surface area contributed by atoms with E-state index in [9.17, 15) is 23.3 Å². The van der Waals surface area contributed by atoms with Crippen LogP contribution >= 0.6 is 0 Å². The van der Waals surface area contributed by atoms with E-state index in [2.05, 4.69) is 4.98 Å². The number of hydrogen-bond donors (Lipinski definition) is 1. The van der Waals surface area contributed by atoms with E-state index in [1.54, 1.807) is 0 Å². The van der Waals surface area contributed by atoms with Crippen LogP contribution in [0.4, 0.5) is 5.69 Å². The van der Waals surface area contributed by atoms with Crippen LogP contribution in [0, 0.1) is 10.1 Å². The molecule has 0 aliphatic carbocycles. The summed E-state index contributed by atoms with van der Waals surface area (Å²) in [7, 11) is -4.26. The molecule has 1 amide bonds. The first kappa shape index (κ1) is 15.6. The van der Waals surface area contributed by atoms with Crippen molar-refractivity contribution in [2.24, 2.45) is 5.73 Å². The lowest BCUT2D eigenvalue weighted by atomic mass is 10.2. The third-order valence-electron chi connectivity index (χ3n) is 3.39. The number of nitro benzene ring substituents is 1. The van der Waals surface area contributed by atoms with Gasteiger partial charge in [-0.1, -0.05) is 12.1 Å². The smallest absolute Gasteiger partial charge is 0.289 e. The summed E-state index contributed by atoms with van der Waals surface area (Å²) < 4.78 is 26.5. The minimum absolute atomic E-state index is 0.0280. The zero-order valence-corrected chi connectivity index (χ0v) is 12.8. The van der Waals surface area contributed by atoms with Gasteiger partial charge in [0.1, 0.15) is 0 Å². The summed E-state index contributed by atoms with van der Waals surface area (Å²) >= 11 is 0. The molecular formula is C14H10N4O5S. The van der Waals surface area contributed by atoms with Crippen molar-refractivity contribution >= 4 is 32.7 Å². The number of rotatable bonds is 4. The van der Waals surface area contributed by atoms with E-state index in [0.29, 0.717) is 5.52 Å². The molecule has 2 aromatic heterocycles. The molecule has 1 aromatic carbocycles. The Balaban J connectivity index is 2.29. The van der Waals surface area contributed by atoms with Gasteiger partial charge in [-0.25, -0.2) is 12.4 Å². The normalized spacial score (nSPS) is 11.5. The van der Waals surface area contributed by atoms with Crippen LogP contribution < -0.4 is 5.73 Å². The second-order valence-electron chi connectivity index (χ2n) is 4.83. The van der Waals surface area contributed by atoms with Gasteiger partial charge in [0.25, 0.3) is 15.7 Å². The Morgan fingerprint density at radius 3 is 2.62 bits per heavy atom. The SMILES string of the molecule is NC(=O)c1cnc2ccn(S(=O)(=O)c3ccccc3[N+](=O)[O-])c2c1. The number of para-hydroxylation sites is 1. The van der Waals surface area contributed by atoms with Gasteiger partial charge >= 0.3 is 0 Å². The number of fused-ring (bicyclic) bond motifs is 1. The highest BCUT2D eigenvalue weighted by molar-refractivity contribution is 7.90. The Morgan fingerprint density at radius 2 is 1.96 bits per heavy atom. The summed E-state index contributed by atoms with van der Waals surface area (Å²) in [6, 6.07) is 7.70. The molecule has 0 aliphatic heterocycles. The van der Waals surface area contributed by atoms with Gasteiger partial charge < -0.3 is 5.73 Å². The minimum atomic E-state index is -4.26. The average molecular weight is 346 g/mol. The zero-order valence-electron chi connectivity index (χ0n) is 12.0. The third-order valence-corrected chi connectivity index (χ3v) is 5.12. The molecule has 3 aromatic rings. The van der Waals surface area contributed by atoms with Crippen molar-refractivity contribution in [1.29, 1.82) is 0 Å². The molecule has 0 saturated heterocycles. The predicted molar refractivity (Wildman–Crippen MR) is 83.9 cm³/mol. The van der Waals surface area contributed by atoms with Gasteiger partial charge in [-0.2, -0.15) is 0 Å². The lowest BCUT2D eigenvalue weighted by molar-refractivity contribution is -0.387. The quantitative estimate of drug-likeness (QED) is 0.558. The van der Waals surface area contributed by atoms with E-state index in [0.717, 1.165) is 16.1 Å². The monoisotopic (exact) mass is 346 g/mol. The first-order valence-electron chi connectivity index (χ1n) is 6.58. The fourth-order valence-electron chi connectivity index (χ4n) is 2.26. The molecule has 0 aliphatic rings. The third kappa shape index (κ3) is 2.38. The van der Waals surface area contributed by atoms with Gasteiger partial charge in [-0.15, -0.1) is 0 Å². The van der Waals surface area contributed by atoms with Crippen molar-refractivity contribution in [1.82, 2.24) is 8.96 Å². The van der Waals surface area contributed by atoms with Gasteiger partial charge in [0.2, 0.25) is 5.91 Å². The van der Waals surface area contributed by atoms with Crippen LogP contribution in [0.15, 0.2) is 53.7 Å². The van der Waals surface area contributed by atoms with Crippen LogP contribution in [0.2, 0.25) is 0 Å². The largest absolute Gasteiger partial charge is 0.366 e. The molecule has 0 atom stereocenters. The number of amides is 1. The number of nitrogens with zero attached hydrogens (tertiary/aromatic N) is 3. The Kier molecular flexibility index (Phi) is 3.53. The van der Waals surface area contributed by atoms with Gasteiger partial charge in [-0.3, -0.25) is 19.9 Å². The summed E-state index contributed by atoms with van der Waals surface area (Å²) in [5.74, 6) is -0.764. The second kappa shape index (κ2) is 5.42. The number of pyridine rings is 1. The van der Waals surface area contributed by atoms with Gasteiger partial charge in [0.15, 0.2) is 4.90 Å². The van der Waals surface area contributed by atoms with Gasteiger partial charge in [0.05, 0.1) is 21.5 Å². The van der Waals surface area contributed by atoms with E-state index in [4.69, 9.17) is 5.73 Å². The zero-order chi connectivity index (χ0) is 17.5. The van der Waals surface area contributed by atoms with Gasteiger partial charge in [0, 0.05) is 18.5 Å². The molecule has 0 unspecified atom stereocenters. The second-order valence-corrected chi connectivity index (χ2v) is 6.62. The van der Waals surface area contributed by atoms with E-state index in [1.165, 1.54) is 36.7 Å². The molecule has 10 heteroatoms. The number of carbonyl (C=O) groups excluding carboxylic acids is 1. The Labute approximate surface area is 135 Å². The molecule has 2 N–H and O–H groups in total. The maximum Gasteiger partial charge on any atom is 0.289 e. The van der Waals surface area contributed by atoms with Crippen molar-refractivity contribution in [3.05, 3.63) is 64.5 Å². The molecule has 0 saturated carbocycles. The summed E-state index contributed by atoms with van der Waals surface area (Å²) in [5, 5.41) is 11.1. The maximum atomic E-state index is 12.8.